The maximum atomic E-state index is 12.5. The number of hydrogen-bond donors (Lipinski definition) is 0. The van der Waals surface area contributed by atoms with E-state index >= 15 is 0 Å². The number of hydrogen-bond acceptors (Lipinski definition) is 4. The zero-order chi connectivity index (χ0) is 16.1. The number of benzene rings is 2. The van der Waals surface area contributed by atoms with Crippen molar-refractivity contribution in [1.82, 2.24) is 9.80 Å². The van der Waals surface area contributed by atoms with E-state index in [4.69, 9.17) is 24.4 Å². The summed E-state index contributed by atoms with van der Waals surface area (Å²) < 4.78 is 0. The normalized spacial score (nSPS) is 16.2. The topological polar surface area (TPSA) is 40.6 Å². The van der Waals surface area contributed by atoms with Gasteiger partial charge in [-0.25, -0.2) is 0 Å². The van der Waals surface area contributed by atoms with Crippen LogP contribution < -0.4 is 0 Å². The molecule has 6 heteroatoms. The van der Waals surface area contributed by atoms with Crippen molar-refractivity contribution in [2.45, 2.75) is 0 Å². The molecule has 2 heterocycles. The summed E-state index contributed by atoms with van der Waals surface area (Å²) in [5, 5.41) is 0. The number of carbonyl (C=O) groups is 2. The van der Waals surface area contributed by atoms with Gasteiger partial charge in [0.05, 0.1) is 11.1 Å². The Bertz CT molecular complexity index is 763. The van der Waals surface area contributed by atoms with Gasteiger partial charge in [0.25, 0.3) is 11.8 Å². The van der Waals surface area contributed by atoms with Gasteiger partial charge in [0.1, 0.15) is 16.6 Å². The standard InChI is InChI=1S/C17H10N2O2S2/c20-14-10-5-1-3-7-12(10)16(22)18(14)9-19-15(21)11-6-2-4-8-13(11)17(19)23/h1-8H,9H2. The van der Waals surface area contributed by atoms with E-state index in [-0.39, 0.29) is 18.5 Å². The minimum absolute atomic E-state index is 0.0404. The van der Waals surface area contributed by atoms with E-state index < -0.39 is 0 Å². The van der Waals surface area contributed by atoms with Gasteiger partial charge in [-0.3, -0.25) is 19.4 Å². The lowest BCUT2D eigenvalue weighted by molar-refractivity contribution is 0.0753. The van der Waals surface area contributed by atoms with Crippen molar-refractivity contribution < 1.29 is 9.59 Å². The minimum Gasteiger partial charge on any atom is -0.279 e. The Morgan fingerprint density at radius 1 is 0.652 bits per heavy atom. The summed E-state index contributed by atoms with van der Waals surface area (Å²) in [6.45, 7) is 0.0404. The Balaban J connectivity index is 1.66. The van der Waals surface area contributed by atoms with E-state index in [1.807, 2.05) is 24.3 Å². The molecule has 0 N–H and O–H groups in total. The van der Waals surface area contributed by atoms with Crippen molar-refractivity contribution in [3.8, 4) is 0 Å². The molecule has 0 aliphatic carbocycles. The first-order chi connectivity index (χ1) is 11.1. The summed E-state index contributed by atoms with van der Waals surface area (Å²) in [5.41, 5.74) is 2.57. The molecule has 112 valence electrons. The highest BCUT2D eigenvalue weighted by atomic mass is 32.1. The van der Waals surface area contributed by atoms with Gasteiger partial charge in [0.15, 0.2) is 0 Å². The Morgan fingerprint density at radius 3 is 1.35 bits per heavy atom. The van der Waals surface area contributed by atoms with Crippen LogP contribution >= 0.6 is 24.4 Å². The molecule has 0 atom stereocenters. The number of amides is 2. The lowest BCUT2D eigenvalue weighted by atomic mass is 10.1. The van der Waals surface area contributed by atoms with Gasteiger partial charge < -0.3 is 0 Å². The highest BCUT2D eigenvalue weighted by molar-refractivity contribution is 7.81. The molecular weight excluding hydrogens is 328 g/mol. The molecular formula is C17H10N2O2S2. The summed E-state index contributed by atoms with van der Waals surface area (Å²) in [4.78, 5) is 28.8. The summed E-state index contributed by atoms with van der Waals surface area (Å²) in [5.74, 6) is -0.394. The maximum absolute atomic E-state index is 12.5. The van der Waals surface area contributed by atoms with Crippen molar-refractivity contribution >= 4 is 46.2 Å². The summed E-state index contributed by atoms with van der Waals surface area (Å²) in [6, 6.07) is 14.4. The van der Waals surface area contributed by atoms with Gasteiger partial charge in [-0.15, -0.1) is 0 Å². The Morgan fingerprint density at radius 2 is 1.00 bits per heavy atom. The van der Waals surface area contributed by atoms with E-state index in [2.05, 4.69) is 0 Å². The Kier molecular flexibility index (Phi) is 3.11. The second-order valence-electron chi connectivity index (χ2n) is 5.31. The molecule has 4 rings (SSSR count). The van der Waals surface area contributed by atoms with Crippen LogP contribution in [0.25, 0.3) is 0 Å². The lowest BCUT2D eigenvalue weighted by Gasteiger charge is -2.23. The van der Waals surface area contributed by atoms with Crippen molar-refractivity contribution in [1.29, 1.82) is 0 Å². The molecule has 2 aliphatic rings. The zero-order valence-electron chi connectivity index (χ0n) is 11.9. The number of thiocarbonyl (C=S) groups is 2. The van der Waals surface area contributed by atoms with Crippen molar-refractivity contribution in [3.05, 3.63) is 70.8 Å². The fraction of sp³-hybridized carbons (Fsp3) is 0.0588. The molecule has 2 aliphatic heterocycles. The van der Waals surface area contributed by atoms with Gasteiger partial charge in [-0.2, -0.15) is 0 Å². The van der Waals surface area contributed by atoms with E-state index in [1.165, 1.54) is 9.80 Å². The predicted molar refractivity (Wildman–Crippen MR) is 93.5 cm³/mol. The molecule has 0 saturated carbocycles. The fourth-order valence-corrected chi connectivity index (χ4v) is 3.51. The van der Waals surface area contributed by atoms with E-state index in [1.54, 1.807) is 24.3 Å². The van der Waals surface area contributed by atoms with Crippen molar-refractivity contribution in [3.63, 3.8) is 0 Å². The summed E-state index contributed by atoms with van der Waals surface area (Å²) in [6.07, 6.45) is 0. The zero-order valence-corrected chi connectivity index (χ0v) is 13.5. The average Bonchev–Trinajstić information content (AvgIpc) is 2.97. The number of nitrogens with zero attached hydrogens (tertiary/aromatic N) is 2. The monoisotopic (exact) mass is 338 g/mol. The van der Waals surface area contributed by atoms with E-state index in [9.17, 15) is 9.59 Å². The van der Waals surface area contributed by atoms with Crippen LogP contribution in [0.5, 0.6) is 0 Å². The lowest BCUT2D eigenvalue weighted by Crippen LogP contribution is -2.43. The molecule has 23 heavy (non-hydrogen) atoms. The minimum atomic E-state index is -0.197. The SMILES string of the molecule is O=C1c2ccccc2C(=S)N1CN1C(=O)c2ccccc2C1=S. The fourth-order valence-electron chi connectivity index (χ4n) is 2.88. The number of rotatable bonds is 2. The van der Waals surface area contributed by atoms with Crippen molar-refractivity contribution in [2.75, 3.05) is 6.67 Å². The Labute approximate surface area is 143 Å². The van der Waals surface area contributed by atoms with Crippen LogP contribution in [-0.4, -0.2) is 38.3 Å². The summed E-state index contributed by atoms with van der Waals surface area (Å²) >= 11 is 10.8. The quantitative estimate of drug-likeness (QED) is 0.789. The molecule has 0 radical (unpaired) electrons. The number of carbonyl (C=O) groups excluding carboxylic acids is 2. The molecule has 0 spiro atoms. The predicted octanol–water partition coefficient (Wildman–Crippen LogP) is 2.61. The maximum Gasteiger partial charge on any atom is 0.261 e. The second-order valence-corrected chi connectivity index (χ2v) is 6.08. The van der Waals surface area contributed by atoms with E-state index in [0.717, 1.165) is 11.1 Å². The Hall–Kier alpha value is -2.44. The number of fused-ring (bicyclic) bond motifs is 2. The third-order valence-corrected chi connectivity index (χ3v) is 4.92. The molecule has 2 aromatic rings. The van der Waals surface area contributed by atoms with Crippen LogP contribution in [0.4, 0.5) is 0 Å². The third kappa shape index (κ3) is 1.95. The smallest absolute Gasteiger partial charge is 0.261 e. The largest absolute Gasteiger partial charge is 0.279 e. The highest BCUT2D eigenvalue weighted by Crippen LogP contribution is 2.27. The third-order valence-electron chi connectivity index (χ3n) is 4.04. The molecule has 0 aromatic heterocycles. The highest BCUT2D eigenvalue weighted by Gasteiger charge is 2.38. The molecule has 0 fully saturated rings. The molecule has 0 unspecified atom stereocenters. The van der Waals surface area contributed by atoms with Gasteiger partial charge in [0, 0.05) is 11.1 Å². The summed E-state index contributed by atoms with van der Waals surface area (Å²) in [7, 11) is 0. The van der Waals surface area contributed by atoms with Crippen LogP contribution in [0.3, 0.4) is 0 Å². The molecule has 0 saturated heterocycles. The van der Waals surface area contributed by atoms with Crippen LogP contribution in [0, 0.1) is 0 Å². The average molecular weight is 338 g/mol. The second kappa shape index (κ2) is 5.04. The van der Waals surface area contributed by atoms with Crippen molar-refractivity contribution in [2.24, 2.45) is 0 Å². The molecule has 0 bridgehead atoms. The molecule has 2 aromatic carbocycles. The first kappa shape index (κ1) is 14.2. The van der Waals surface area contributed by atoms with Crippen LogP contribution in [0.15, 0.2) is 48.5 Å². The molecule has 2 amide bonds. The van der Waals surface area contributed by atoms with Crippen LogP contribution in [0.2, 0.25) is 0 Å². The first-order valence-corrected chi connectivity index (χ1v) is 7.81. The van der Waals surface area contributed by atoms with E-state index in [0.29, 0.717) is 21.1 Å². The van der Waals surface area contributed by atoms with Gasteiger partial charge in [-0.1, -0.05) is 60.8 Å². The van der Waals surface area contributed by atoms with Gasteiger partial charge in [-0.05, 0) is 12.1 Å². The first-order valence-electron chi connectivity index (χ1n) is 7.00. The molecule has 4 nitrogen and oxygen atoms in total. The van der Waals surface area contributed by atoms with Crippen LogP contribution in [0.1, 0.15) is 31.8 Å². The van der Waals surface area contributed by atoms with Gasteiger partial charge >= 0.3 is 0 Å². The van der Waals surface area contributed by atoms with Gasteiger partial charge in [0.2, 0.25) is 0 Å². The van der Waals surface area contributed by atoms with Crippen LogP contribution in [-0.2, 0) is 0 Å².